The number of nitrogens with one attached hydrogen (secondary N) is 1. The van der Waals surface area contributed by atoms with Crippen LogP contribution in [-0.2, 0) is 4.79 Å². The summed E-state index contributed by atoms with van der Waals surface area (Å²) in [4.78, 5) is 14.2. The molecule has 25 heavy (non-hydrogen) atoms. The molecule has 0 unspecified atom stereocenters. The summed E-state index contributed by atoms with van der Waals surface area (Å²) in [7, 11) is 0. The third-order valence-electron chi connectivity index (χ3n) is 4.74. The number of amides is 1. The highest BCUT2D eigenvalue weighted by molar-refractivity contribution is 5.85. The molecule has 1 N–H and O–H groups in total. The van der Waals surface area contributed by atoms with Gasteiger partial charge in [0.05, 0.1) is 6.61 Å². The van der Waals surface area contributed by atoms with Gasteiger partial charge in [0, 0.05) is 19.1 Å². The van der Waals surface area contributed by atoms with Crippen molar-refractivity contribution < 1.29 is 14.3 Å². The molecule has 1 aromatic carbocycles. The highest BCUT2D eigenvalue weighted by atomic mass is 35.5. The molecule has 1 saturated carbocycles. The van der Waals surface area contributed by atoms with Crippen molar-refractivity contribution in [2.45, 2.75) is 38.6 Å². The summed E-state index contributed by atoms with van der Waals surface area (Å²) in [6, 6.07) is 7.97. The predicted octanol–water partition coefficient (Wildman–Crippen LogP) is 2.88. The van der Waals surface area contributed by atoms with Crippen LogP contribution in [0.2, 0.25) is 0 Å². The molecule has 2 aliphatic rings. The summed E-state index contributed by atoms with van der Waals surface area (Å²) >= 11 is 0. The highest BCUT2D eigenvalue weighted by Gasteiger charge is 2.26. The quantitative estimate of drug-likeness (QED) is 0.766. The first kappa shape index (κ1) is 19.9. The van der Waals surface area contributed by atoms with Gasteiger partial charge in [0.15, 0.2) is 6.61 Å². The van der Waals surface area contributed by atoms with Gasteiger partial charge in [-0.05, 0) is 69.3 Å². The molecule has 0 spiro atoms. The number of rotatable bonds is 8. The number of hydrogen-bond donors (Lipinski definition) is 1. The number of carbonyl (C=O) groups excluding carboxylic acids is 1. The van der Waals surface area contributed by atoms with Crippen LogP contribution >= 0.6 is 12.4 Å². The molecule has 0 bridgehead atoms. The summed E-state index contributed by atoms with van der Waals surface area (Å²) in [5, 5.41) is 3.64. The Kier molecular flexibility index (Phi) is 7.85. The van der Waals surface area contributed by atoms with Crippen LogP contribution in [-0.4, -0.2) is 49.7 Å². The Balaban J connectivity index is 0.00000225. The van der Waals surface area contributed by atoms with Crippen LogP contribution < -0.4 is 14.8 Å². The largest absolute Gasteiger partial charge is 0.494 e. The van der Waals surface area contributed by atoms with Gasteiger partial charge in [0.25, 0.3) is 5.91 Å². The molecule has 1 amide bonds. The van der Waals surface area contributed by atoms with E-state index in [-0.39, 0.29) is 24.9 Å². The molecule has 6 heteroatoms. The fourth-order valence-electron chi connectivity index (χ4n) is 3.02. The van der Waals surface area contributed by atoms with Crippen LogP contribution in [0.25, 0.3) is 0 Å². The van der Waals surface area contributed by atoms with Gasteiger partial charge < -0.3 is 19.7 Å². The molecule has 1 aliphatic heterocycles. The number of carbonyl (C=O) groups is 1. The minimum atomic E-state index is 0. The average Bonchev–Trinajstić information content (AvgIpc) is 3.44. The Hall–Kier alpha value is -1.46. The molecule has 1 saturated heterocycles. The minimum Gasteiger partial charge on any atom is -0.494 e. The van der Waals surface area contributed by atoms with E-state index in [4.69, 9.17) is 9.47 Å². The molecule has 1 aromatic rings. The van der Waals surface area contributed by atoms with E-state index in [1.165, 1.54) is 12.8 Å². The van der Waals surface area contributed by atoms with Crippen LogP contribution in [0.5, 0.6) is 11.5 Å². The van der Waals surface area contributed by atoms with Gasteiger partial charge in [-0.3, -0.25) is 4.79 Å². The van der Waals surface area contributed by atoms with E-state index >= 15 is 0 Å². The molecule has 0 aromatic heterocycles. The van der Waals surface area contributed by atoms with Gasteiger partial charge in [-0.25, -0.2) is 0 Å². The van der Waals surface area contributed by atoms with Crippen molar-refractivity contribution in [1.29, 1.82) is 0 Å². The number of ether oxygens (including phenoxy) is 2. The molecule has 0 atom stereocenters. The number of halogens is 1. The van der Waals surface area contributed by atoms with E-state index in [9.17, 15) is 4.79 Å². The third-order valence-corrected chi connectivity index (χ3v) is 4.74. The summed E-state index contributed by atoms with van der Waals surface area (Å²) in [5.41, 5.74) is 0. The van der Waals surface area contributed by atoms with Crippen molar-refractivity contribution >= 4 is 18.3 Å². The fraction of sp³-hybridized carbons (Fsp3) is 0.632. The van der Waals surface area contributed by atoms with Gasteiger partial charge in [0.2, 0.25) is 0 Å². The van der Waals surface area contributed by atoms with Crippen molar-refractivity contribution in [3.63, 3.8) is 0 Å². The average molecular weight is 369 g/mol. The Bertz CT molecular complexity index is 526. The Labute approximate surface area is 156 Å². The minimum absolute atomic E-state index is 0. The van der Waals surface area contributed by atoms with E-state index in [1.807, 2.05) is 36.1 Å². The Morgan fingerprint density at radius 1 is 1.08 bits per heavy atom. The van der Waals surface area contributed by atoms with Crippen LogP contribution in [0.3, 0.4) is 0 Å². The SMILES string of the molecule is CCOc1ccc(OCC(=O)N2CCC(NCC3CC3)CC2)cc1.Cl. The molecule has 1 heterocycles. The lowest BCUT2D eigenvalue weighted by molar-refractivity contribution is -0.134. The lowest BCUT2D eigenvalue weighted by Crippen LogP contribution is -2.46. The molecule has 5 nitrogen and oxygen atoms in total. The molecular formula is C19H29ClN2O3. The molecule has 1 aliphatic carbocycles. The van der Waals surface area contributed by atoms with E-state index < -0.39 is 0 Å². The van der Waals surface area contributed by atoms with Gasteiger partial charge in [0.1, 0.15) is 11.5 Å². The topological polar surface area (TPSA) is 50.8 Å². The van der Waals surface area contributed by atoms with Crippen LogP contribution in [0.1, 0.15) is 32.6 Å². The second-order valence-corrected chi connectivity index (χ2v) is 6.70. The number of nitrogens with zero attached hydrogens (tertiary/aromatic N) is 1. The van der Waals surface area contributed by atoms with Crippen LogP contribution in [0, 0.1) is 5.92 Å². The second kappa shape index (κ2) is 9.88. The van der Waals surface area contributed by atoms with Crippen LogP contribution in [0.15, 0.2) is 24.3 Å². The van der Waals surface area contributed by atoms with E-state index in [0.29, 0.717) is 18.4 Å². The van der Waals surface area contributed by atoms with E-state index in [1.54, 1.807) is 0 Å². The maximum absolute atomic E-state index is 12.3. The second-order valence-electron chi connectivity index (χ2n) is 6.70. The maximum atomic E-state index is 12.3. The number of likely N-dealkylation sites (tertiary alicyclic amines) is 1. The normalized spacial score (nSPS) is 17.7. The van der Waals surface area contributed by atoms with E-state index in [0.717, 1.165) is 44.1 Å². The van der Waals surface area contributed by atoms with Crippen molar-refractivity contribution in [3.8, 4) is 11.5 Å². The van der Waals surface area contributed by atoms with Gasteiger partial charge >= 0.3 is 0 Å². The molecule has 3 rings (SSSR count). The molecule has 140 valence electrons. The monoisotopic (exact) mass is 368 g/mol. The van der Waals surface area contributed by atoms with Gasteiger partial charge in [-0.2, -0.15) is 0 Å². The zero-order chi connectivity index (χ0) is 16.8. The first-order valence-electron chi connectivity index (χ1n) is 9.11. The highest BCUT2D eigenvalue weighted by Crippen LogP contribution is 2.28. The first-order valence-corrected chi connectivity index (χ1v) is 9.11. The van der Waals surface area contributed by atoms with Gasteiger partial charge in [-0.15, -0.1) is 12.4 Å². The molecular weight excluding hydrogens is 340 g/mol. The van der Waals surface area contributed by atoms with Crippen LogP contribution in [0.4, 0.5) is 0 Å². The first-order chi connectivity index (χ1) is 11.7. The summed E-state index contributed by atoms with van der Waals surface area (Å²) in [6.45, 7) is 5.51. The fourth-order valence-corrected chi connectivity index (χ4v) is 3.02. The smallest absolute Gasteiger partial charge is 0.260 e. The Morgan fingerprint density at radius 3 is 2.24 bits per heavy atom. The standard InChI is InChI=1S/C19H28N2O3.ClH/c1-2-23-17-5-7-18(8-6-17)24-14-19(22)21-11-9-16(10-12-21)20-13-15-3-4-15;/h5-8,15-16,20H,2-4,9-14H2,1H3;1H. The number of piperidine rings is 1. The zero-order valence-electron chi connectivity index (χ0n) is 14.9. The van der Waals surface area contributed by atoms with Crippen molar-refractivity contribution in [2.24, 2.45) is 5.92 Å². The number of hydrogen-bond acceptors (Lipinski definition) is 4. The predicted molar refractivity (Wildman–Crippen MR) is 101 cm³/mol. The summed E-state index contributed by atoms with van der Waals surface area (Å²) < 4.78 is 11.0. The number of benzene rings is 1. The lowest BCUT2D eigenvalue weighted by Gasteiger charge is -2.32. The van der Waals surface area contributed by atoms with Crippen molar-refractivity contribution in [1.82, 2.24) is 10.2 Å². The lowest BCUT2D eigenvalue weighted by atomic mass is 10.0. The molecule has 2 fully saturated rings. The van der Waals surface area contributed by atoms with Crippen molar-refractivity contribution in [3.05, 3.63) is 24.3 Å². The van der Waals surface area contributed by atoms with E-state index in [2.05, 4.69) is 5.32 Å². The zero-order valence-corrected chi connectivity index (χ0v) is 15.7. The Morgan fingerprint density at radius 2 is 1.68 bits per heavy atom. The van der Waals surface area contributed by atoms with Crippen molar-refractivity contribution in [2.75, 3.05) is 32.8 Å². The summed E-state index contributed by atoms with van der Waals surface area (Å²) in [5.74, 6) is 2.50. The summed E-state index contributed by atoms with van der Waals surface area (Å²) in [6.07, 6.45) is 4.85. The maximum Gasteiger partial charge on any atom is 0.260 e. The molecule has 0 radical (unpaired) electrons. The third kappa shape index (κ3) is 6.40. The van der Waals surface area contributed by atoms with Gasteiger partial charge in [-0.1, -0.05) is 0 Å².